The Morgan fingerprint density at radius 2 is 1.88 bits per heavy atom. The zero-order valence-electron chi connectivity index (χ0n) is 16.4. The summed E-state index contributed by atoms with van der Waals surface area (Å²) in [6.07, 6.45) is 2.27. The topological polar surface area (TPSA) is 67.8 Å². The minimum Gasteiger partial charge on any atom is -0.379 e. The van der Waals surface area contributed by atoms with Gasteiger partial charge < -0.3 is 20.1 Å². The standard InChI is InChI=1S/C18H34N4O2S/c1-6-7-9-23-11-12-24-10-8-20-17(19-5)21-13-16-22-15(14-25-16)18(2,3)4/h14H,6-13H2,1-5H3,(H2,19,20,21). The number of nitrogens with zero attached hydrogens (tertiary/aromatic N) is 2. The van der Waals surface area contributed by atoms with Crippen LogP contribution >= 0.6 is 11.3 Å². The molecule has 2 N–H and O–H groups in total. The third-order valence-corrected chi connectivity index (χ3v) is 4.35. The molecule has 7 heteroatoms. The van der Waals surface area contributed by atoms with Gasteiger partial charge >= 0.3 is 0 Å². The highest BCUT2D eigenvalue weighted by molar-refractivity contribution is 7.09. The third kappa shape index (κ3) is 9.77. The van der Waals surface area contributed by atoms with E-state index in [2.05, 4.69) is 53.7 Å². The zero-order chi connectivity index (χ0) is 18.5. The number of hydrogen-bond donors (Lipinski definition) is 2. The normalized spacial score (nSPS) is 12.4. The minimum absolute atomic E-state index is 0.0896. The summed E-state index contributed by atoms with van der Waals surface area (Å²) in [5, 5.41) is 9.71. The number of aliphatic imine (C=N–C) groups is 1. The van der Waals surface area contributed by atoms with E-state index >= 15 is 0 Å². The van der Waals surface area contributed by atoms with E-state index in [4.69, 9.17) is 9.47 Å². The number of hydrogen-bond acceptors (Lipinski definition) is 5. The van der Waals surface area contributed by atoms with E-state index in [9.17, 15) is 0 Å². The van der Waals surface area contributed by atoms with E-state index in [-0.39, 0.29) is 5.41 Å². The first-order chi connectivity index (χ1) is 12.0. The van der Waals surface area contributed by atoms with Crippen molar-refractivity contribution in [3.05, 3.63) is 16.1 Å². The van der Waals surface area contributed by atoms with Gasteiger partial charge in [-0.25, -0.2) is 4.98 Å². The number of rotatable bonds is 11. The molecule has 6 nitrogen and oxygen atoms in total. The van der Waals surface area contributed by atoms with Gasteiger partial charge in [-0.1, -0.05) is 34.1 Å². The van der Waals surface area contributed by atoms with E-state index in [1.807, 2.05) is 0 Å². The van der Waals surface area contributed by atoms with Crippen LogP contribution in [0.1, 0.15) is 51.2 Å². The molecule has 1 aromatic heterocycles. The average Bonchev–Trinajstić information content (AvgIpc) is 3.05. The van der Waals surface area contributed by atoms with E-state index in [1.165, 1.54) is 0 Å². The fourth-order valence-corrected chi connectivity index (χ4v) is 2.89. The van der Waals surface area contributed by atoms with Crippen LogP contribution in [-0.4, -0.2) is 51.0 Å². The van der Waals surface area contributed by atoms with Crippen molar-refractivity contribution in [3.8, 4) is 0 Å². The van der Waals surface area contributed by atoms with Crippen molar-refractivity contribution >= 4 is 17.3 Å². The first-order valence-electron chi connectivity index (χ1n) is 9.02. The Labute approximate surface area is 156 Å². The van der Waals surface area contributed by atoms with Gasteiger partial charge in [-0.3, -0.25) is 4.99 Å². The lowest BCUT2D eigenvalue weighted by Gasteiger charge is -2.14. The van der Waals surface area contributed by atoms with Crippen LogP contribution in [0, 0.1) is 0 Å². The molecule has 0 aliphatic heterocycles. The van der Waals surface area contributed by atoms with Gasteiger partial charge in [0.25, 0.3) is 0 Å². The highest BCUT2D eigenvalue weighted by atomic mass is 32.1. The summed E-state index contributed by atoms with van der Waals surface area (Å²) in [7, 11) is 1.76. The Bertz CT molecular complexity index is 498. The SMILES string of the molecule is CCCCOCCOCCNC(=NC)NCc1nc(C(C)(C)C)cs1. The highest BCUT2D eigenvalue weighted by Gasteiger charge is 2.17. The largest absolute Gasteiger partial charge is 0.379 e. The van der Waals surface area contributed by atoms with Crippen molar-refractivity contribution in [3.63, 3.8) is 0 Å². The Balaban J connectivity index is 2.13. The summed E-state index contributed by atoms with van der Waals surface area (Å²) in [6.45, 7) is 12.8. The third-order valence-electron chi connectivity index (χ3n) is 3.50. The lowest BCUT2D eigenvalue weighted by Crippen LogP contribution is -2.38. The molecule has 0 aliphatic carbocycles. The summed E-state index contributed by atoms with van der Waals surface area (Å²) < 4.78 is 11.0. The van der Waals surface area contributed by atoms with Crippen LogP contribution in [0.4, 0.5) is 0 Å². The second-order valence-electron chi connectivity index (χ2n) is 6.81. The van der Waals surface area contributed by atoms with Gasteiger partial charge in [0.05, 0.1) is 32.1 Å². The molecule has 0 fully saturated rings. The molecule has 0 radical (unpaired) electrons. The fraction of sp³-hybridized carbons (Fsp3) is 0.778. The van der Waals surface area contributed by atoms with E-state index in [0.29, 0.717) is 32.9 Å². The maximum absolute atomic E-state index is 5.53. The molecule has 0 bridgehead atoms. The van der Waals surface area contributed by atoms with Crippen molar-refractivity contribution in [2.75, 3.05) is 40.0 Å². The van der Waals surface area contributed by atoms with Crippen molar-refractivity contribution in [1.29, 1.82) is 0 Å². The molecule has 0 aromatic carbocycles. The summed E-state index contributed by atoms with van der Waals surface area (Å²) in [5.41, 5.74) is 1.22. The van der Waals surface area contributed by atoms with Gasteiger partial charge in [0.2, 0.25) is 0 Å². The van der Waals surface area contributed by atoms with Crippen LogP contribution < -0.4 is 10.6 Å². The molecule has 0 atom stereocenters. The monoisotopic (exact) mass is 370 g/mol. The van der Waals surface area contributed by atoms with Crippen molar-refractivity contribution in [2.45, 2.75) is 52.5 Å². The van der Waals surface area contributed by atoms with E-state index < -0.39 is 0 Å². The average molecular weight is 371 g/mol. The van der Waals surface area contributed by atoms with Crippen molar-refractivity contribution in [1.82, 2.24) is 15.6 Å². The number of aromatic nitrogens is 1. The van der Waals surface area contributed by atoms with Gasteiger partial charge in [-0.05, 0) is 6.42 Å². The van der Waals surface area contributed by atoms with Crippen LogP contribution in [0.15, 0.2) is 10.4 Å². The first-order valence-corrected chi connectivity index (χ1v) is 9.90. The summed E-state index contributed by atoms with van der Waals surface area (Å²) >= 11 is 1.68. The van der Waals surface area contributed by atoms with Crippen LogP contribution in [0.25, 0.3) is 0 Å². The summed E-state index contributed by atoms with van der Waals surface area (Å²) in [4.78, 5) is 8.89. The molecule has 0 amide bonds. The van der Waals surface area contributed by atoms with Crippen molar-refractivity contribution < 1.29 is 9.47 Å². The van der Waals surface area contributed by atoms with E-state index in [1.54, 1.807) is 18.4 Å². The van der Waals surface area contributed by atoms with Gasteiger partial charge in [-0.15, -0.1) is 11.3 Å². The Hall–Kier alpha value is -1.18. The number of thiazole rings is 1. The Morgan fingerprint density at radius 3 is 2.48 bits per heavy atom. The molecule has 1 rings (SSSR count). The molecule has 0 unspecified atom stereocenters. The minimum atomic E-state index is 0.0896. The molecule has 0 aliphatic rings. The van der Waals surface area contributed by atoms with Gasteiger partial charge in [0, 0.05) is 31.0 Å². The second-order valence-corrected chi connectivity index (χ2v) is 7.75. The molecular formula is C18H34N4O2S. The first kappa shape index (κ1) is 21.9. The Kier molecular flexibility index (Phi) is 10.7. The molecule has 25 heavy (non-hydrogen) atoms. The second kappa shape index (κ2) is 12.2. The molecular weight excluding hydrogens is 336 g/mol. The van der Waals surface area contributed by atoms with Gasteiger partial charge in [-0.2, -0.15) is 0 Å². The van der Waals surface area contributed by atoms with Crippen LogP contribution in [0.2, 0.25) is 0 Å². The Morgan fingerprint density at radius 1 is 1.16 bits per heavy atom. The number of nitrogens with one attached hydrogen (secondary N) is 2. The number of guanidine groups is 1. The highest BCUT2D eigenvalue weighted by Crippen LogP contribution is 2.23. The predicted octanol–water partition coefficient (Wildman–Crippen LogP) is 2.94. The maximum Gasteiger partial charge on any atom is 0.191 e. The quantitative estimate of drug-likeness (QED) is 0.356. The molecule has 0 spiro atoms. The smallest absolute Gasteiger partial charge is 0.191 e. The fourth-order valence-electron chi connectivity index (χ4n) is 1.93. The molecule has 144 valence electrons. The maximum atomic E-state index is 5.53. The molecule has 1 heterocycles. The molecule has 1 aromatic rings. The summed E-state index contributed by atoms with van der Waals surface area (Å²) in [6, 6.07) is 0. The zero-order valence-corrected chi connectivity index (χ0v) is 17.2. The lowest BCUT2D eigenvalue weighted by atomic mass is 9.93. The van der Waals surface area contributed by atoms with Crippen molar-refractivity contribution in [2.24, 2.45) is 4.99 Å². The van der Waals surface area contributed by atoms with E-state index in [0.717, 1.165) is 36.1 Å². The lowest BCUT2D eigenvalue weighted by molar-refractivity contribution is 0.0487. The molecule has 0 saturated heterocycles. The summed E-state index contributed by atoms with van der Waals surface area (Å²) in [5.74, 6) is 0.760. The van der Waals surface area contributed by atoms with Crippen LogP contribution in [0.5, 0.6) is 0 Å². The van der Waals surface area contributed by atoms with Crippen LogP contribution in [0.3, 0.4) is 0 Å². The number of unbranched alkanes of at least 4 members (excludes halogenated alkanes) is 1. The molecule has 0 saturated carbocycles. The van der Waals surface area contributed by atoms with Gasteiger partial charge in [0.1, 0.15) is 5.01 Å². The predicted molar refractivity (Wildman–Crippen MR) is 106 cm³/mol. The van der Waals surface area contributed by atoms with Crippen LogP contribution in [-0.2, 0) is 21.4 Å². The number of ether oxygens (including phenoxy) is 2. The van der Waals surface area contributed by atoms with Gasteiger partial charge in [0.15, 0.2) is 5.96 Å².